The van der Waals surface area contributed by atoms with Gasteiger partial charge in [-0.1, -0.05) is 26.3 Å². The zero-order valence-electron chi connectivity index (χ0n) is 14.3. The van der Waals surface area contributed by atoms with E-state index in [-0.39, 0.29) is 16.9 Å². The van der Waals surface area contributed by atoms with Gasteiger partial charge in [-0.05, 0) is 79.1 Å². The number of aliphatic hydroxyl groups is 1. The normalized spacial score (nSPS) is 54.3. The molecule has 0 saturated heterocycles. The van der Waals surface area contributed by atoms with Crippen molar-refractivity contribution in [2.45, 2.75) is 71.8 Å². The largest absolute Gasteiger partial charge is 0.393 e. The summed E-state index contributed by atoms with van der Waals surface area (Å²) in [6.45, 7) is 7.17. The lowest BCUT2D eigenvalue weighted by atomic mass is 9.45. The Morgan fingerprint density at radius 1 is 1.14 bits per heavy atom. The monoisotopic (exact) mass is 302 g/mol. The highest BCUT2D eigenvalue weighted by Crippen LogP contribution is 2.66. The van der Waals surface area contributed by atoms with Crippen molar-refractivity contribution in [3.05, 3.63) is 11.6 Å². The highest BCUT2D eigenvalue weighted by atomic mass is 16.3. The number of aliphatic hydroxyl groups excluding tert-OH is 1. The van der Waals surface area contributed by atoms with Crippen LogP contribution in [-0.2, 0) is 4.79 Å². The Morgan fingerprint density at radius 2 is 1.91 bits per heavy atom. The Bertz CT molecular complexity index is 536. The van der Waals surface area contributed by atoms with Gasteiger partial charge in [0, 0.05) is 6.42 Å². The minimum Gasteiger partial charge on any atom is -0.393 e. The summed E-state index contributed by atoms with van der Waals surface area (Å²) in [5.41, 5.74) is 1.84. The van der Waals surface area contributed by atoms with Crippen molar-refractivity contribution < 1.29 is 9.90 Å². The van der Waals surface area contributed by atoms with Crippen molar-refractivity contribution in [2.75, 3.05) is 0 Å². The maximum atomic E-state index is 11.9. The van der Waals surface area contributed by atoms with Gasteiger partial charge in [0.05, 0.1) is 6.10 Å². The van der Waals surface area contributed by atoms with Crippen LogP contribution < -0.4 is 0 Å². The van der Waals surface area contributed by atoms with Gasteiger partial charge in [0.25, 0.3) is 0 Å². The minimum absolute atomic E-state index is 0.0941. The molecular formula is C20H30O2. The van der Waals surface area contributed by atoms with E-state index < -0.39 is 0 Å². The molecule has 0 aromatic rings. The highest BCUT2D eigenvalue weighted by Gasteiger charge is 2.60. The van der Waals surface area contributed by atoms with Crippen LogP contribution in [0.25, 0.3) is 0 Å². The van der Waals surface area contributed by atoms with Crippen molar-refractivity contribution in [2.24, 2.45) is 34.5 Å². The summed E-state index contributed by atoms with van der Waals surface area (Å²) in [4.78, 5) is 11.9. The molecule has 0 amide bonds. The average Bonchev–Trinajstić information content (AvgIpc) is 2.77. The number of fused-ring (bicyclic) bond motifs is 5. The first-order valence-corrected chi connectivity index (χ1v) is 9.28. The molecule has 3 fully saturated rings. The molecule has 4 aliphatic rings. The van der Waals surface area contributed by atoms with Crippen LogP contribution in [0.15, 0.2) is 11.6 Å². The predicted octanol–water partition coefficient (Wildman–Crippen LogP) is 4.13. The van der Waals surface area contributed by atoms with Gasteiger partial charge < -0.3 is 5.11 Å². The standard InChI is InChI=1S/C20H30O2/c1-12-10-13-11-14(21)6-8-19(13,2)16-7-9-20(3)15(18(12)16)4-5-17(20)22/h11-12,15-18,22H,4-10H2,1-3H3/t12?,15-,16-,17-,18-,19-,20-/m0/s1. The van der Waals surface area contributed by atoms with E-state index in [0.29, 0.717) is 17.6 Å². The van der Waals surface area contributed by atoms with E-state index in [2.05, 4.69) is 20.8 Å². The van der Waals surface area contributed by atoms with Gasteiger partial charge in [0.15, 0.2) is 5.78 Å². The van der Waals surface area contributed by atoms with Crippen molar-refractivity contribution in [1.29, 1.82) is 0 Å². The second-order valence-electron chi connectivity index (χ2n) is 9.16. The number of carbonyl (C=O) groups is 1. The predicted molar refractivity (Wildman–Crippen MR) is 87.3 cm³/mol. The second kappa shape index (κ2) is 4.69. The molecule has 0 heterocycles. The van der Waals surface area contributed by atoms with Crippen LogP contribution in [0.1, 0.15) is 65.7 Å². The van der Waals surface area contributed by atoms with Crippen LogP contribution in [0.5, 0.6) is 0 Å². The van der Waals surface area contributed by atoms with Gasteiger partial charge in [-0.15, -0.1) is 0 Å². The Kier molecular flexibility index (Phi) is 3.18. The van der Waals surface area contributed by atoms with Gasteiger partial charge in [0.2, 0.25) is 0 Å². The van der Waals surface area contributed by atoms with Crippen LogP contribution in [-0.4, -0.2) is 17.0 Å². The molecule has 4 aliphatic carbocycles. The number of hydrogen-bond acceptors (Lipinski definition) is 2. The van der Waals surface area contributed by atoms with E-state index >= 15 is 0 Å². The summed E-state index contributed by atoms with van der Waals surface area (Å²) < 4.78 is 0. The minimum atomic E-state index is -0.0941. The molecule has 4 rings (SSSR count). The lowest BCUT2D eigenvalue weighted by Crippen LogP contribution is -2.53. The molecule has 3 saturated carbocycles. The van der Waals surface area contributed by atoms with Gasteiger partial charge >= 0.3 is 0 Å². The van der Waals surface area contributed by atoms with Gasteiger partial charge in [-0.3, -0.25) is 4.79 Å². The molecule has 0 bridgehead atoms. The summed E-state index contributed by atoms with van der Waals surface area (Å²) in [6.07, 6.45) is 9.40. The summed E-state index contributed by atoms with van der Waals surface area (Å²) in [5.74, 6) is 3.15. The zero-order chi connectivity index (χ0) is 15.7. The first-order valence-electron chi connectivity index (χ1n) is 9.28. The number of allylic oxidation sites excluding steroid dienone is 1. The molecule has 22 heavy (non-hydrogen) atoms. The Labute approximate surface area is 134 Å². The molecule has 0 spiro atoms. The molecule has 0 radical (unpaired) electrons. The Morgan fingerprint density at radius 3 is 2.68 bits per heavy atom. The lowest BCUT2D eigenvalue weighted by Gasteiger charge is -2.59. The number of hydrogen-bond donors (Lipinski definition) is 1. The molecule has 1 unspecified atom stereocenters. The van der Waals surface area contributed by atoms with Crippen molar-refractivity contribution in [3.8, 4) is 0 Å². The maximum Gasteiger partial charge on any atom is 0.155 e. The van der Waals surface area contributed by atoms with E-state index in [0.717, 1.165) is 37.5 Å². The summed E-state index contributed by atoms with van der Waals surface area (Å²) in [7, 11) is 0. The molecule has 7 atom stereocenters. The number of carbonyl (C=O) groups excluding carboxylic acids is 1. The molecule has 0 aromatic carbocycles. The van der Waals surface area contributed by atoms with E-state index in [4.69, 9.17) is 0 Å². The average molecular weight is 302 g/mol. The molecule has 0 aromatic heterocycles. The third-order valence-electron chi connectivity index (χ3n) is 8.26. The first kappa shape index (κ1) is 14.9. The molecule has 2 heteroatoms. The van der Waals surface area contributed by atoms with Gasteiger partial charge in [-0.2, -0.15) is 0 Å². The highest BCUT2D eigenvalue weighted by molar-refractivity contribution is 5.91. The van der Waals surface area contributed by atoms with E-state index in [1.165, 1.54) is 24.8 Å². The topological polar surface area (TPSA) is 37.3 Å². The zero-order valence-corrected chi connectivity index (χ0v) is 14.3. The Hall–Kier alpha value is -0.630. The number of ketones is 1. The SMILES string of the molecule is CC1CC2=CC(=O)CC[C@]2(C)[C@H]2CC[C@]3(C)[C@@H](O)CC[C@H]3[C@H]12. The summed E-state index contributed by atoms with van der Waals surface area (Å²) in [6, 6.07) is 0. The smallest absolute Gasteiger partial charge is 0.155 e. The van der Waals surface area contributed by atoms with Crippen molar-refractivity contribution >= 4 is 5.78 Å². The van der Waals surface area contributed by atoms with E-state index in [1.807, 2.05) is 6.08 Å². The number of rotatable bonds is 0. The molecule has 0 aliphatic heterocycles. The third kappa shape index (κ3) is 1.79. The molecule has 2 nitrogen and oxygen atoms in total. The Balaban J connectivity index is 1.74. The van der Waals surface area contributed by atoms with Crippen molar-refractivity contribution in [3.63, 3.8) is 0 Å². The van der Waals surface area contributed by atoms with Crippen LogP contribution in [0.4, 0.5) is 0 Å². The fourth-order valence-corrected chi connectivity index (χ4v) is 6.88. The van der Waals surface area contributed by atoms with Crippen LogP contribution in [0, 0.1) is 34.5 Å². The van der Waals surface area contributed by atoms with E-state index in [1.54, 1.807) is 0 Å². The maximum absolute atomic E-state index is 11.9. The summed E-state index contributed by atoms with van der Waals surface area (Å²) in [5, 5.41) is 10.5. The quantitative estimate of drug-likeness (QED) is 0.730. The third-order valence-corrected chi connectivity index (χ3v) is 8.26. The van der Waals surface area contributed by atoms with Crippen molar-refractivity contribution in [1.82, 2.24) is 0 Å². The lowest BCUT2D eigenvalue weighted by molar-refractivity contribution is -0.119. The fraction of sp³-hybridized carbons (Fsp3) is 0.850. The molecular weight excluding hydrogens is 272 g/mol. The first-order chi connectivity index (χ1) is 10.4. The fourth-order valence-electron chi connectivity index (χ4n) is 6.88. The van der Waals surface area contributed by atoms with Crippen LogP contribution in [0.2, 0.25) is 0 Å². The molecule has 122 valence electrons. The second-order valence-corrected chi connectivity index (χ2v) is 9.16. The van der Waals surface area contributed by atoms with Gasteiger partial charge in [0.1, 0.15) is 0 Å². The molecule has 1 N–H and O–H groups in total. The van der Waals surface area contributed by atoms with E-state index in [9.17, 15) is 9.90 Å². The van der Waals surface area contributed by atoms with Crippen LogP contribution >= 0.6 is 0 Å². The van der Waals surface area contributed by atoms with Crippen LogP contribution in [0.3, 0.4) is 0 Å². The summed E-state index contributed by atoms with van der Waals surface area (Å²) >= 11 is 0. The van der Waals surface area contributed by atoms with Gasteiger partial charge in [-0.25, -0.2) is 0 Å².